The Bertz CT molecular complexity index is 366. The van der Waals surface area contributed by atoms with E-state index in [0.717, 1.165) is 32.3 Å². The number of rotatable bonds is 12. The van der Waals surface area contributed by atoms with Gasteiger partial charge in [0.2, 0.25) is 0 Å². The van der Waals surface area contributed by atoms with E-state index in [1.54, 1.807) is 0 Å². The van der Waals surface area contributed by atoms with Crippen LogP contribution in [0.2, 0.25) is 0 Å². The standard InChI is InChI=1S/C16H25F7O2/c17-14(18,15(19,20)16(21,22)23)9-5-3-1-2-4-6-10-24-12-13-8-7-11-25-13/h13H,1-12H2. The Balaban J connectivity index is 2.00. The topological polar surface area (TPSA) is 18.5 Å². The second-order valence-corrected chi connectivity index (χ2v) is 6.36. The molecule has 0 aliphatic carbocycles. The van der Waals surface area contributed by atoms with Crippen molar-refractivity contribution in [1.82, 2.24) is 0 Å². The van der Waals surface area contributed by atoms with Gasteiger partial charge in [0.1, 0.15) is 0 Å². The van der Waals surface area contributed by atoms with Crippen molar-refractivity contribution >= 4 is 0 Å². The van der Waals surface area contributed by atoms with Gasteiger partial charge in [0, 0.05) is 19.6 Å². The second kappa shape index (κ2) is 9.94. The van der Waals surface area contributed by atoms with Crippen molar-refractivity contribution < 1.29 is 40.2 Å². The van der Waals surface area contributed by atoms with Crippen molar-refractivity contribution in [2.75, 3.05) is 19.8 Å². The molecule has 2 nitrogen and oxygen atoms in total. The Morgan fingerprint density at radius 1 is 0.840 bits per heavy atom. The first-order valence-corrected chi connectivity index (χ1v) is 8.59. The predicted molar refractivity (Wildman–Crippen MR) is 78.1 cm³/mol. The molecule has 0 N–H and O–H groups in total. The lowest BCUT2D eigenvalue weighted by molar-refractivity contribution is -0.355. The highest BCUT2D eigenvalue weighted by molar-refractivity contribution is 4.90. The summed E-state index contributed by atoms with van der Waals surface area (Å²) in [5.74, 6) is -11.1. The van der Waals surface area contributed by atoms with Crippen LogP contribution in [0.25, 0.3) is 0 Å². The lowest BCUT2D eigenvalue weighted by atomic mass is 10.0. The zero-order chi connectivity index (χ0) is 19.0. The van der Waals surface area contributed by atoms with E-state index in [-0.39, 0.29) is 18.9 Å². The van der Waals surface area contributed by atoms with Gasteiger partial charge < -0.3 is 9.47 Å². The lowest BCUT2D eigenvalue weighted by Gasteiger charge is -2.28. The Kier molecular flexibility index (Phi) is 8.94. The number of halogens is 7. The van der Waals surface area contributed by atoms with Crippen molar-refractivity contribution in [3.05, 3.63) is 0 Å². The van der Waals surface area contributed by atoms with Crippen LogP contribution in [0.3, 0.4) is 0 Å². The number of hydrogen-bond acceptors (Lipinski definition) is 2. The van der Waals surface area contributed by atoms with Crippen LogP contribution in [0.15, 0.2) is 0 Å². The molecule has 1 aliphatic rings. The molecule has 0 aromatic carbocycles. The highest BCUT2D eigenvalue weighted by atomic mass is 19.4. The van der Waals surface area contributed by atoms with Gasteiger partial charge >= 0.3 is 18.0 Å². The van der Waals surface area contributed by atoms with Crippen molar-refractivity contribution in [3.63, 3.8) is 0 Å². The Morgan fingerprint density at radius 3 is 2.00 bits per heavy atom. The summed E-state index contributed by atoms with van der Waals surface area (Å²) < 4.78 is 98.1. The Labute approximate surface area is 143 Å². The Morgan fingerprint density at radius 2 is 1.44 bits per heavy atom. The molecule has 1 rings (SSSR count). The van der Waals surface area contributed by atoms with Crippen molar-refractivity contribution in [1.29, 1.82) is 0 Å². The average Bonchev–Trinajstić information content (AvgIpc) is 3.01. The molecule has 1 saturated heterocycles. The zero-order valence-electron chi connectivity index (χ0n) is 14.0. The van der Waals surface area contributed by atoms with Gasteiger partial charge in [-0.3, -0.25) is 0 Å². The number of unbranched alkanes of at least 4 members (excludes halogenated alkanes) is 5. The van der Waals surface area contributed by atoms with Crippen LogP contribution in [0, 0.1) is 0 Å². The summed E-state index contributed by atoms with van der Waals surface area (Å²) in [5, 5.41) is 0. The molecule has 1 heterocycles. The van der Waals surface area contributed by atoms with E-state index in [0.29, 0.717) is 26.1 Å². The van der Waals surface area contributed by atoms with Crippen LogP contribution in [-0.4, -0.2) is 43.9 Å². The molecule has 0 aromatic rings. The maximum absolute atomic E-state index is 13.0. The lowest BCUT2D eigenvalue weighted by Crippen LogP contribution is -2.51. The van der Waals surface area contributed by atoms with Crippen molar-refractivity contribution in [3.8, 4) is 0 Å². The molecule has 0 bridgehead atoms. The van der Waals surface area contributed by atoms with E-state index in [9.17, 15) is 30.7 Å². The van der Waals surface area contributed by atoms with Gasteiger partial charge in [0.15, 0.2) is 0 Å². The van der Waals surface area contributed by atoms with E-state index < -0.39 is 24.4 Å². The second-order valence-electron chi connectivity index (χ2n) is 6.36. The zero-order valence-corrected chi connectivity index (χ0v) is 14.0. The van der Waals surface area contributed by atoms with Crippen LogP contribution < -0.4 is 0 Å². The van der Waals surface area contributed by atoms with E-state index in [1.807, 2.05) is 0 Å². The Hall–Kier alpha value is -0.570. The fourth-order valence-corrected chi connectivity index (χ4v) is 2.61. The van der Waals surface area contributed by atoms with Crippen LogP contribution in [0.4, 0.5) is 30.7 Å². The normalized spacial score (nSPS) is 19.6. The molecule has 1 aliphatic heterocycles. The fraction of sp³-hybridized carbons (Fsp3) is 1.00. The average molecular weight is 382 g/mol. The molecule has 0 amide bonds. The number of hydrogen-bond donors (Lipinski definition) is 0. The number of alkyl halides is 7. The summed E-state index contributed by atoms with van der Waals surface area (Å²) in [5.41, 5.74) is 0. The van der Waals surface area contributed by atoms with Gasteiger partial charge in [-0.2, -0.15) is 30.7 Å². The smallest absolute Gasteiger partial charge is 0.379 e. The summed E-state index contributed by atoms with van der Waals surface area (Å²) in [6.07, 6.45) is -2.88. The van der Waals surface area contributed by atoms with Crippen molar-refractivity contribution in [2.45, 2.75) is 81.9 Å². The quantitative estimate of drug-likeness (QED) is 0.316. The molecule has 150 valence electrons. The summed E-state index contributed by atoms with van der Waals surface area (Å²) in [7, 11) is 0. The van der Waals surface area contributed by atoms with E-state index in [2.05, 4.69) is 0 Å². The van der Waals surface area contributed by atoms with Crippen LogP contribution >= 0.6 is 0 Å². The first kappa shape index (κ1) is 22.5. The van der Waals surface area contributed by atoms with Gasteiger partial charge in [-0.05, 0) is 25.7 Å². The van der Waals surface area contributed by atoms with E-state index in [1.165, 1.54) is 0 Å². The summed E-state index contributed by atoms with van der Waals surface area (Å²) in [6, 6.07) is 0. The molecule has 1 unspecified atom stereocenters. The summed E-state index contributed by atoms with van der Waals surface area (Å²) in [4.78, 5) is 0. The molecule has 0 spiro atoms. The van der Waals surface area contributed by atoms with Gasteiger partial charge in [0.05, 0.1) is 12.7 Å². The molecule has 0 saturated carbocycles. The molecular formula is C16H25F7O2. The SMILES string of the molecule is FC(F)(F)C(F)(F)C(F)(F)CCCCCCCCOCC1CCCO1. The molecule has 9 heteroatoms. The monoisotopic (exact) mass is 382 g/mol. The number of ether oxygens (including phenoxy) is 2. The summed E-state index contributed by atoms with van der Waals surface area (Å²) >= 11 is 0. The first-order chi connectivity index (χ1) is 11.6. The highest BCUT2D eigenvalue weighted by Gasteiger charge is 2.72. The van der Waals surface area contributed by atoms with Gasteiger partial charge in [-0.1, -0.05) is 25.7 Å². The molecule has 1 atom stereocenters. The maximum Gasteiger partial charge on any atom is 0.459 e. The largest absolute Gasteiger partial charge is 0.459 e. The minimum absolute atomic E-state index is 0.163. The molecule has 25 heavy (non-hydrogen) atoms. The van der Waals surface area contributed by atoms with Gasteiger partial charge in [-0.15, -0.1) is 0 Å². The van der Waals surface area contributed by atoms with Crippen LogP contribution in [0.5, 0.6) is 0 Å². The third-order valence-electron chi connectivity index (χ3n) is 4.17. The fourth-order valence-electron chi connectivity index (χ4n) is 2.61. The van der Waals surface area contributed by atoms with Crippen LogP contribution in [-0.2, 0) is 9.47 Å². The van der Waals surface area contributed by atoms with Gasteiger partial charge in [0.25, 0.3) is 0 Å². The minimum Gasteiger partial charge on any atom is -0.379 e. The summed E-state index contributed by atoms with van der Waals surface area (Å²) in [6.45, 7) is 1.89. The van der Waals surface area contributed by atoms with E-state index in [4.69, 9.17) is 9.47 Å². The van der Waals surface area contributed by atoms with E-state index >= 15 is 0 Å². The third kappa shape index (κ3) is 7.29. The molecule has 1 fully saturated rings. The van der Waals surface area contributed by atoms with Gasteiger partial charge in [-0.25, -0.2) is 0 Å². The molecule has 0 aromatic heterocycles. The van der Waals surface area contributed by atoms with Crippen LogP contribution in [0.1, 0.15) is 57.8 Å². The molecule has 0 radical (unpaired) electrons. The predicted octanol–water partition coefficient (Wildman–Crippen LogP) is 5.75. The third-order valence-corrected chi connectivity index (χ3v) is 4.17. The van der Waals surface area contributed by atoms with Crippen molar-refractivity contribution in [2.24, 2.45) is 0 Å². The first-order valence-electron chi connectivity index (χ1n) is 8.59. The molecular weight excluding hydrogens is 357 g/mol. The highest BCUT2D eigenvalue weighted by Crippen LogP contribution is 2.48. The maximum atomic E-state index is 13.0. The minimum atomic E-state index is -6.24.